The summed E-state index contributed by atoms with van der Waals surface area (Å²) in [4.78, 5) is 0. The minimum absolute atomic E-state index is 0.134. The zero-order chi connectivity index (χ0) is 15.2. The molecule has 3 nitrogen and oxygen atoms in total. The standard InChI is InChI=1S/C16H14BrFN2O/c17-15-7-11(5-6-19)1-4-16(15)21-10-13-8-14(18)3-2-12(13)9-20/h1-4,7-8H,5-6,10,19H2. The normalized spacial score (nSPS) is 10.2. The molecule has 5 heteroatoms. The van der Waals surface area contributed by atoms with Crippen LogP contribution >= 0.6 is 15.9 Å². The molecule has 2 rings (SSSR count). The van der Waals surface area contributed by atoms with E-state index >= 15 is 0 Å². The second kappa shape index (κ2) is 7.21. The van der Waals surface area contributed by atoms with Crippen LogP contribution in [0.5, 0.6) is 5.75 Å². The fourth-order valence-electron chi connectivity index (χ4n) is 1.93. The zero-order valence-corrected chi connectivity index (χ0v) is 12.9. The number of nitriles is 1. The van der Waals surface area contributed by atoms with E-state index in [0.717, 1.165) is 16.5 Å². The summed E-state index contributed by atoms with van der Waals surface area (Å²) in [7, 11) is 0. The van der Waals surface area contributed by atoms with E-state index in [1.165, 1.54) is 18.2 Å². The van der Waals surface area contributed by atoms with Gasteiger partial charge in [0.25, 0.3) is 0 Å². The molecule has 21 heavy (non-hydrogen) atoms. The molecule has 0 radical (unpaired) electrons. The predicted molar refractivity (Wildman–Crippen MR) is 82.3 cm³/mol. The number of halogens is 2. The van der Waals surface area contributed by atoms with Crippen LogP contribution in [0.15, 0.2) is 40.9 Å². The Morgan fingerprint density at radius 2 is 2.05 bits per heavy atom. The Labute approximate surface area is 131 Å². The van der Waals surface area contributed by atoms with Gasteiger partial charge in [0.05, 0.1) is 16.1 Å². The van der Waals surface area contributed by atoms with Crippen molar-refractivity contribution in [1.82, 2.24) is 0 Å². The molecule has 0 atom stereocenters. The number of rotatable bonds is 5. The van der Waals surface area contributed by atoms with Crippen LogP contribution in [0.4, 0.5) is 4.39 Å². The number of benzene rings is 2. The quantitative estimate of drug-likeness (QED) is 0.898. The van der Waals surface area contributed by atoms with Crippen molar-refractivity contribution in [2.75, 3.05) is 6.54 Å². The third-order valence-corrected chi connectivity index (χ3v) is 3.62. The van der Waals surface area contributed by atoms with Gasteiger partial charge in [0.1, 0.15) is 18.2 Å². The van der Waals surface area contributed by atoms with Gasteiger partial charge in [-0.05, 0) is 64.8 Å². The molecule has 2 N–H and O–H groups in total. The van der Waals surface area contributed by atoms with Gasteiger partial charge in [-0.2, -0.15) is 5.26 Å². The number of nitrogens with zero attached hydrogens (tertiary/aromatic N) is 1. The van der Waals surface area contributed by atoms with Crippen molar-refractivity contribution in [3.8, 4) is 11.8 Å². The molecule has 0 unspecified atom stereocenters. The first-order chi connectivity index (χ1) is 10.1. The van der Waals surface area contributed by atoms with Crippen molar-refractivity contribution in [1.29, 1.82) is 5.26 Å². The van der Waals surface area contributed by atoms with Crippen molar-refractivity contribution in [2.24, 2.45) is 5.73 Å². The summed E-state index contributed by atoms with van der Waals surface area (Å²) in [5, 5.41) is 9.01. The first-order valence-electron chi connectivity index (χ1n) is 6.44. The number of hydrogen-bond donors (Lipinski definition) is 1. The highest BCUT2D eigenvalue weighted by Crippen LogP contribution is 2.27. The molecule has 0 saturated carbocycles. The van der Waals surface area contributed by atoms with E-state index in [1.54, 1.807) is 0 Å². The lowest BCUT2D eigenvalue weighted by atomic mass is 10.1. The second-order valence-corrected chi connectivity index (χ2v) is 5.36. The second-order valence-electron chi connectivity index (χ2n) is 4.51. The largest absolute Gasteiger partial charge is 0.488 e. The van der Waals surface area contributed by atoms with E-state index in [0.29, 0.717) is 23.4 Å². The number of hydrogen-bond acceptors (Lipinski definition) is 3. The maximum atomic E-state index is 13.2. The summed E-state index contributed by atoms with van der Waals surface area (Å²) >= 11 is 3.44. The molecule has 0 amide bonds. The van der Waals surface area contributed by atoms with E-state index in [-0.39, 0.29) is 12.4 Å². The van der Waals surface area contributed by atoms with E-state index < -0.39 is 0 Å². The molecule has 108 valence electrons. The van der Waals surface area contributed by atoms with Crippen LogP contribution in [0.2, 0.25) is 0 Å². The molecule has 0 aromatic heterocycles. The van der Waals surface area contributed by atoms with Crippen molar-refractivity contribution < 1.29 is 9.13 Å². The Kier molecular flexibility index (Phi) is 5.32. The Hall–Kier alpha value is -1.90. The smallest absolute Gasteiger partial charge is 0.134 e. The first kappa shape index (κ1) is 15.5. The molecule has 0 spiro atoms. The van der Waals surface area contributed by atoms with Crippen LogP contribution in [0.1, 0.15) is 16.7 Å². The lowest BCUT2D eigenvalue weighted by molar-refractivity contribution is 0.303. The van der Waals surface area contributed by atoms with Gasteiger partial charge in [-0.25, -0.2) is 4.39 Å². The molecule has 0 saturated heterocycles. The molecule has 0 heterocycles. The molecule has 0 aliphatic carbocycles. The number of nitrogens with two attached hydrogens (primary N) is 1. The van der Waals surface area contributed by atoms with Gasteiger partial charge in [0, 0.05) is 5.56 Å². The Bertz CT molecular complexity index is 682. The van der Waals surface area contributed by atoms with Crippen LogP contribution in [0.3, 0.4) is 0 Å². The van der Waals surface area contributed by atoms with E-state index in [4.69, 9.17) is 15.7 Å². The van der Waals surface area contributed by atoms with Crippen LogP contribution in [-0.4, -0.2) is 6.54 Å². The molecular formula is C16H14BrFN2O. The Morgan fingerprint density at radius 3 is 2.71 bits per heavy atom. The summed E-state index contributed by atoms with van der Waals surface area (Å²) in [6, 6.07) is 11.8. The third-order valence-electron chi connectivity index (χ3n) is 3.00. The van der Waals surface area contributed by atoms with E-state index in [1.807, 2.05) is 24.3 Å². The molecule has 0 bridgehead atoms. The van der Waals surface area contributed by atoms with Gasteiger partial charge in [0.15, 0.2) is 0 Å². The zero-order valence-electron chi connectivity index (χ0n) is 11.3. The fourth-order valence-corrected chi connectivity index (χ4v) is 2.47. The minimum Gasteiger partial charge on any atom is -0.488 e. The number of ether oxygens (including phenoxy) is 1. The highest BCUT2D eigenvalue weighted by Gasteiger charge is 2.07. The van der Waals surface area contributed by atoms with Gasteiger partial charge in [0.2, 0.25) is 0 Å². The lowest BCUT2D eigenvalue weighted by Crippen LogP contribution is -2.03. The van der Waals surface area contributed by atoms with Crippen LogP contribution in [0.25, 0.3) is 0 Å². The average molecular weight is 349 g/mol. The fraction of sp³-hybridized carbons (Fsp3) is 0.188. The van der Waals surface area contributed by atoms with Crippen molar-refractivity contribution in [3.05, 3.63) is 63.4 Å². The third kappa shape index (κ3) is 4.03. The highest BCUT2D eigenvalue weighted by atomic mass is 79.9. The molecule has 0 aliphatic heterocycles. The van der Waals surface area contributed by atoms with Gasteiger partial charge in [-0.15, -0.1) is 0 Å². The van der Waals surface area contributed by atoms with Crippen LogP contribution in [0, 0.1) is 17.1 Å². The van der Waals surface area contributed by atoms with Crippen molar-refractivity contribution in [2.45, 2.75) is 13.0 Å². The first-order valence-corrected chi connectivity index (χ1v) is 7.23. The molecule has 2 aromatic rings. The summed E-state index contributed by atoms with van der Waals surface area (Å²) in [5.41, 5.74) is 7.56. The molecular weight excluding hydrogens is 335 g/mol. The minimum atomic E-state index is -0.384. The van der Waals surface area contributed by atoms with Crippen molar-refractivity contribution in [3.63, 3.8) is 0 Å². The topological polar surface area (TPSA) is 59.0 Å². The highest BCUT2D eigenvalue weighted by molar-refractivity contribution is 9.10. The predicted octanol–water partition coefficient (Wildman–Crippen LogP) is 3.54. The van der Waals surface area contributed by atoms with Crippen LogP contribution in [-0.2, 0) is 13.0 Å². The van der Waals surface area contributed by atoms with Crippen LogP contribution < -0.4 is 10.5 Å². The Morgan fingerprint density at radius 1 is 1.24 bits per heavy atom. The average Bonchev–Trinajstić information content (AvgIpc) is 2.47. The van der Waals surface area contributed by atoms with Gasteiger partial charge in [-0.1, -0.05) is 6.07 Å². The maximum absolute atomic E-state index is 13.2. The maximum Gasteiger partial charge on any atom is 0.134 e. The summed E-state index contributed by atoms with van der Waals surface area (Å²) in [6.45, 7) is 0.719. The van der Waals surface area contributed by atoms with Gasteiger partial charge < -0.3 is 10.5 Å². The molecule has 0 aliphatic rings. The Balaban J connectivity index is 2.13. The van der Waals surface area contributed by atoms with E-state index in [2.05, 4.69) is 15.9 Å². The van der Waals surface area contributed by atoms with Gasteiger partial charge in [-0.3, -0.25) is 0 Å². The van der Waals surface area contributed by atoms with E-state index in [9.17, 15) is 4.39 Å². The van der Waals surface area contributed by atoms with Crippen molar-refractivity contribution >= 4 is 15.9 Å². The summed E-state index contributed by atoms with van der Waals surface area (Å²) in [6.07, 6.45) is 0.793. The summed E-state index contributed by atoms with van der Waals surface area (Å²) in [5.74, 6) is 0.258. The molecule has 0 fully saturated rings. The lowest BCUT2D eigenvalue weighted by Gasteiger charge is -2.10. The SMILES string of the molecule is N#Cc1ccc(F)cc1COc1ccc(CCN)cc1Br. The molecule has 2 aromatic carbocycles. The monoisotopic (exact) mass is 348 g/mol. The van der Waals surface area contributed by atoms with Gasteiger partial charge >= 0.3 is 0 Å². The summed E-state index contributed by atoms with van der Waals surface area (Å²) < 4.78 is 19.7.